The zero-order chi connectivity index (χ0) is 21.6. The molecule has 1 aliphatic heterocycles. The van der Waals surface area contributed by atoms with Gasteiger partial charge in [-0.25, -0.2) is 19.2 Å². The highest BCUT2D eigenvalue weighted by molar-refractivity contribution is 6.36. The number of nitrogens with zero attached hydrogens (tertiary/aromatic N) is 3. The van der Waals surface area contributed by atoms with E-state index in [1.165, 1.54) is 35.5 Å². The number of H-pyrrole nitrogens is 1. The molecule has 30 heavy (non-hydrogen) atoms. The number of carboxylic acid groups (broad SMARTS) is 1. The van der Waals surface area contributed by atoms with Gasteiger partial charge in [-0.15, -0.1) is 0 Å². The van der Waals surface area contributed by atoms with E-state index >= 15 is 0 Å². The lowest BCUT2D eigenvalue weighted by atomic mass is 10.1. The van der Waals surface area contributed by atoms with Crippen LogP contribution in [-0.4, -0.2) is 39.0 Å². The van der Waals surface area contributed by atoms with Gasteiger partial charge in [-0.3, -0.25) is 9.69 Å². The van der Waals surface area contributed by atoms with Crippen molar-refractivity contribution in [3.05, 3.63) is 63.9 Å². The van der Waals surface area contributed by atoms with Crippen molar-refractivity contribution in [1.29, 1.82) is 0 Å². The fourth-order valence-corrected chi connectivity index (χ4v) is 3.37. The number of hydrogen-bond acceptors (Lipinski definition) is 5. The minimum Gasteiger partial charge on any atom is -0.477 e. The van der Waals surface area contributed by atoms with Gasteiger partial charge in [-0.2, -0.15) is 0 Å². The van der Waals surface area contributed by atoms with Crippen molar-refractivity contribution in [3.63, 3.8) is 0 Å². The molecule has 0 spiro atoms. The Morgan fingerprint density at radius 2 is 2.10 bits per heavy atom. The molecule has 0 radical (unpaired) electrons. The standard InChI is InChI=1S/C20H15ClFN5O3/c1-9-5-15(20(29)30)26-14(9)7-11-16-17(23-8-24-18(16)27(2)19(11)28)25-10-3-4-13(22)12(21)6-10/h3-8,26H,1-2H3,(H,29,30)(H,23,24,25)/b11-7-. The van der Waals surface area contributed by atoms with Crippen LogP contribution < -0.4 is 10.2 Å². The van der Waals surface area contributed by atoms with Crippen LogP contribution in [-0.2, 0) is 4.79 Å². The Hall–Kier alpha value is -3.72. The molecule has 10 heteroatoms. The molecule has 3 N–H and O–H groups in total. The van der Waals surface area contributed by atoms with Gasteiger partial charge in [0, 0.05) is 18.4 Å². The molecule has 3 heterocycles. The quantitative estimate of drug-likeness (QED) is 0.545. The van der Waals surface area contributed by atoms with Crippen molar-refractivity contribution in [2.45, 2.75) is 6.92 Å². The first kappa shape index (κ1) is 19.6. The third-order valence-electron chi connectivity index (χ3n) is 4.71. The van der Waals surface area contributed by atoms with Gasteiger partial charge in [0.2, 0.25) is 0 Å². The summed E-state index contributed by atoms with van der Waals surface area (Å²) < 4.78 is 13.5. The van der Waals surface area contributed by atoms with Crippen LogP contribution in [0.1, 0.15) is 27.3 Å². The summed E-state index contributed by atoms with van der Waals surface area (Å²) in [5, 5.41) is 12.2. The SMILES string of the molecule is Cc1cc(C(=O)O)[nH]c1/C=C1\C(=O)N(C)c2ncnc(Nc3ccc(F)c(Cl)c3)c21. The number of halogens is 2. The number of fused-ring (bicyclic) bond motifs is 1. The molecule has 1 aromatic carbocycles. The summed E-state index contributed by atoms with van der Waals surface area (Å²) >= 11 is 5.85. The van der Waals surface area contributed by atoms with E-state index in [-0.39, 0.29) is 22.2 Å². The highest BCUT2D eigenvalue weighted by atomic mass is 35.5. The van der Waals surface area contributed by atoms with E-state index in [1.807, 2.05) is 0 Å². The smallest absolute Gasteiger partial charge is 0.352 e. The number of aromatic nitrogens is 3. The van der Waals surface area contributed by atoms with Crippen LogP contribution in [0.3, 0.4) is 0 Å². The summed E-state index contributed by atoms with van der Waals surface area (Å²) in [6.45, 7) is 1.74. The van der Waals surface area contributed by atoms with Crippen LogP contribution in [0.5, 0.6) is 0 Å². The zero-order valence-corrected chi connectivity index (χ0v) is 16.6. The number of aryl methyl sites for hydroxylation is 1. The lowest BCUT2D eigenvalue weighted by molar-refractivity contribution is -0.112. The maximum atomic E-state index is 13.5. The molecule has 0 aliphatic carbocycles. The van der Waals surface area contributed by atoms with E-state index < -0.39 is 11.8 Å². The maximum absolute atomic E-state index is 13.5. The van der Waals surface area contributed by atoms with Crippen LogP contribution in [0.25, 0.3) is 11.6 Å². The predicted molar refractivity (Wildman–Crippen MR) is 110 cm³/mol. The first-order valence-electron chi connectivity index (χ1n) is 8.76. The third kappa shape index (κ3) is 3.29. The fraction of sp³-hybridized carbons (Fsp3) is 0.100. The zero-order valence-electron chi connectivity index (χ0n) is 15.8. The number of anilines is 3. The molecule has 0 fully saturated rings. The normalized spacial score (nSPS) is 14.3. The lowest BCUT2D eigenvalue weighted by Crippen LogP contribution is -2.21. The van der Waals surface area contributed by atoms with Crippen LogP contribution >= 0.6 is 11.6 Å². The Morgan fingerprint density at radius 3 is 2.77 bits per heavy atom. The summed E-state index contributed by atoms with van der Waals surface area (Å²) in [5.74, 6) is -1.26. The second-order valence-electron chi connectivity index (χ2n) is 6.68. The summed E-state index contributed by atoms with van der Waals surface area (Å²) in [6, 6.07) is 5.60. The summed E-state index contributed by atoms with van der Waals surface area (Å²) in [4.78, 5) is 36.7. The summed E-state index contributed by atoms with van der Waals surface area (Å²) in [6.07, 6.45) is 2.88. The van der Waals surface area contributed by atoms with Gasteiger partial charge < -0.3 is 15.4 Å². The fourth-order valence-electron chi connectivity index (χ4n) is 3.19. The number of likely N-dealkylation sites (N-methyl/N-ethyl adjacent to an activating group) is 1. The monoisotopic (exact) mass is 427 g/mol. The molecular formula is C20H15ClFN5O3. The maximum Gasteiger partial charge on any atom is 0.352 e. The second-order valence-corrected chi connectivity index (χ2v) is 7.09. The number of nitrogens with one attached hydrogen (secondary N) is 2. The van der Waals surface area contributed by atoms with E-state index in [0.717, 1.165) is 0 Å². The van der Waals surface area contributed by atoms with Gasteiger partial charge in [0.25, 0.3) is 5.91 Å². The van der Waals surface area contributed by atoms with Crippen molar-refractivity contribution < 1.29 is 19.1 Å². The van der Waals surface area contributed by atoms with E-state index in [4.69, 9.17) is 11.6 Å². The molecule has 2 aromatic heterocycles. The molecule has 8 nitrogen and oxygen atoms in total. The van der Waals surface area contributed by atoms with Crippen molar-refractivity contribution >= 4 is 52.4 Å². The van der Waals surface area contributed by atoms with Crippen LogP contribution in [0.15, 0.2) is 30.6 Å². The van der Waals surface area contributed by atoms with Gasteiger partial charge in [-0.1, -0.05) is 11.6 Å². The number of benzene rings is 1. The average molecular weight is 428 g/mol. The Morgan fingerprint density at radius 1 is 1.33 bits per heavy atom. The Balaban J connectivity index is 1.82. The first-order chi connectivity index (χ1) is 14.3. The van der Waals surface area contributed by atoms with Gasteiger partial charge in [0.05, 0.1) is 16.2 Å². The average Bonchev–Trinajstić information content (AvgIpc) is 3.19. The Kier molecular flexibility index (Phi) is 4.75. The third-order valence-corrected chi connectivity index (χ3v) is 5.00. The second kappa shape index (κ2) is 7.27. The molecule has 0 saturated carbocycles. The first-order valence-corrected chi connectivity index (χ1v) is 9.14. The molecule has 0 unspecified atom stereocenters. The molecule has 0 atom stereocenters. The van der Waals surface area contributed by atoms with Crippen molar-refractivity contribution in [1.82, 2.24) is 15.0 Å². The number of carbonyl (C=O) groups is 2. The van der Waals surface area contributed by atoms with Gasteiger partial charge in [0.15, 0.2) is 0 Å². The summed E-state index contributed by atoms with van der Waals surface area (Å²) in [5.41, 5.74) is 2.37. The number of aromatic carboxylic acids is 1. The van der Waals surface area contributed by atoms with Crippen LogP contribution in [0.2, 0.25) is 5.02 Å². The predicted octanol–water partition coefficient (Wildman–Crippen LogP) is 3.86. The van der Waals surface area contributed by atoms with Crippen LogP contribution in [0, 0.1) is 12.7 Å². The van der Waals surface area contributed by atoms with Crippen molar-refractivity contribution in [2.24, 2.45) is 0 Å². The number of amides is 1. The number of aromatic amines is 1. The molecule has 0 bridgehead atoms. The summed E-state index contributed by atoms with van der Waals surface area (Å²) in [7, 11) is 1.58. The number of carbonyl (C=O) groups excluding carboxylic acids is 1. The molecule has 1 amide bonds. The topological polar surface area (TPSA) is 111 Å². The molecule has 1 aliphatic rings. The molecule has 152 valence electrons. The van der Waals surface area contributed by atoms with E-state index in [2.05, 4.69) is 20.3 Å². The van der Waals surface area contributed by atoms with E-state index in [0.29, 0.717) is 34.1 Å². The molecular weight excluding hydrogens is 413 g/mol. The highest BCUT2D eigenvalue weighted by Crippen LogP contribution is 2.40. The van der Waals surface area contributed by atoms with Gasteiger partial charge in [0.1, 0.15) is 29.5 Å². The number of hydrogen-bond donors (Lipinski definition) is 3. The Labute approximate surface area is 175 Å². The lowest BCUT2D eigenvalue weighted by Gasteiger charge is -2.11. The van der Waals surface area contributed by atoms with Crippen LogP contribution in [0.4, 0.5) is 21.7 Å². The Bertz CT molecular complexity index is 1240. The minimum absolute atomic E-state index is 0.0157. The molecule has 4 rings (SSSR count). The number of carboxylic acids is 1. The van der Waals surface area contributed by atoms with E-state index in [1.54, 1.807) is 20.0 Å². The van der Waals surface area contributed by atoms with Gasteiger partial charge >= 0.3 is 5.97 Å². The van der Waals surface area contributed by atoms with E-state index in [9.17, 15) is 19.1 Å². The number of rotatable bonds is 4. The minimum atomic E-state index is -1.10. The highest BCUT2D eigenvalue weighted by Gasteiger charge is 2.34. The largest absolute Gasteiger partial charge is 0.477 e. The van der Waals surface area contributed by atoms with Crippen molar-refractivity contribution in [2.75, 3.05) is 17.3 Å². The van der Waals surface area contributed by atoms with Crippen molar-refractivity contribution in [3.8, 4) is 0 Å². The van der Waals surface area contributed by atoms with Gasteiger partial charge in [-0.05, 0) is 42.8 Å². The molecule has 3 aromatic rings. The molecule has 0 saturated heterocycles.